The number of piperidine rings is 2. The molecule has 0 spiro atoms. The standard InChI is InChI=1S/C25H36N6OS.C19H23BrN4OS.C16H20N6S/c1-25(2,3)29-22-15-19(27-17-8-7-12-30(4)16-17)24-18(28-22)14-21(33-24)20-10-11-26-31(20)23-9-5-6-13-32-23;1-19(2,3)23-16-10-12(20)18-13(22-16)11-15(26-18)14-7-8-21-24(14)17-6-4-5-9-25-17;1-22-6-2-3-10(9-22)19-13-8-15(17)20-12-7-14(23-16(12)13)11-4-5-18-21-11/h10-11,14-15,17,23H,5-9,12-13,16H2,1-4H3,(H2,27,28,29);7-8,10-11,17H,4-6,9H2,1-3H3,(H,22,23);4-5,7-8,10H,2-3,6,9H2,1H3,(H,18,21)(H3,17,19,20)/t17-,23?;;10-/m1.1/s1. The zero-order valence-corrected chi connectivity index (χ0v) is 52.6. The second-order valence-corrected chi connectivity index (χ2v) is 28.3. The molecule has 0 saturated carbocycles. The van der Waals surface area contributed by atoms with E-state index in [0.29, 0.717) is 17.9 Å². The van der Waals surface area contributed by atoms with Crippen LogP contribution in [-0.4, -0.2) is 131 Å². The van der Waals surface area contributed by atoms with Crippen LogP contribution < -0.4 is 27.0 Å². The van der Waals surface area contributed by atoms with E-state index in [1.807, 2.05) is 29.2 Å². The average molecular weight is 1230 g/mol. The van der Waals surface area contributed by atoms with Crippen molar-refractivity contribution in [1.29, 1.82) is 0 Å². The highest BCUT2D eigenvalue weighted by Gasteiger charge is 2.26. The van der Waals surface area contributed by atoms with Gasteiger partial charge in [0.15, 0.2) is 12.5 Å². The van der Waals surface area contributed by atoms with Gasteiger partial charge in [0.1, 0.15) is 17.5 Å². The summed E-state index contributed by atoms with van der Waals surface area (Å²) < 4.78 is 20.6. The van der Waals surface area contributed by atoms with Gasteiger partial charge in [-0.05, 0) is 191 Å². The number of nitrogens with zero attached hydrogens (tertiary/aromatic N) is 10. The van der Waals surface area contributed by atoms with E-state index in [1.54, 1.807) is 40.2 Å². The van der Waals surface area contributed by atoms with Gasteiger partial charge in [-0.2, -0.15) is 15.3 Å². The van der Waals surface area contributed by atoms with Crippen molar-refractivity contribution in [2.45, 2.75) is 141 Å². The maximum absolute atomic E-state index is 6.03. The first-order valence-electron chi connectivity index (χ1n) is 29.0. The van der Waals surface area contributed by atoms with Crippen LogP contribution in [0.4, 0.5) is 28.8 Å². The number of ether oxygens (including phenoxy) is 2. The van der Waals surface area contributed by atoms with Crippen molar-refractivity contribution in [2.75, 3.05) is 80.5 Å². The molecule has 4 atom stereocenters. The number of aromatic nitrogens is 9. The Labute approximate surface area is 501 Å². The lowest BCUT2D eigenvalue weighted by atomic mass is 10.1. The van der Waals surface area contributed by atoms with Crippen LogP contribution in [0.3, 0.4) is 0 Å². The molecule has 13 heterocycles. The molecular formula is C60H79BrN16O2S3. The number of hydrogen-bond donors (Lipinski definition) is 6. The van der Waals surface area contributed by atoms with E-state index in [-0.39, 0.29) is 23.5 Å². The lowest BCUT2D eigenvalue weighted by molar-refractivity contribution is -0.0384. The maximum atomic E-state index is 6.03. The smallest absolute Gasteiger partial charge is 0.150 e. The number of hydrogen-bond acceptors (Lipinski definition) is 18. The summed E-state index contributed by atoms with van der Waals surface area (Å²) in [5.41, 5.74) is 14.3. The van der Waals surface area contributed by atoms with Crippen molar-refractivity contribution in [2.24, 2.45) is 0 Å². The zero-order valence-electron chi connectivity index (χ0n) is 48.5. The number of nitrogens with one attached hydrogen (secondary N) is 5. The number of anilines is 5. The van der Waals surface area contributed by atoms with Gasteiger partial charge in [0, 0.05) is 84.7 Å². The number of aromatic amines is 1. The Balaban J connectivity index is 0.000000131. The fraction of sp³-hybridized carbons (Fsp3) is 0.500. The molecule has 2 unspecified atom stereocenters. The highest BCUT2D eigenvalue weighted by Crippen LogP contribution is 2.43. The van der Waals surface area contributed by atoms with Crippen molar-refractivity contribution in [1.82, 2.24) is 54.5 Å². The number of halogens is 1. The third-order valence-corrected chi connectivity index (χ3v) is 19.3. The third kappa shape index (κ3) is 14.3. The Morgan fingerprint density at radius 1 is 0.585 bits per heavy atom. The molecule has 4 aliphatic rings. The number of rotatable bonds is 11. The Kier molecular flexibility index (Phi) is 17.9. The largest absolute Gasteiger partial charge is 0.384 e. The molecule has 0 bridgehead atoms. The molecule has 436 valence electrons. The number of H-pyrrole nitrogens is 1. The predicted molar refractivity (Wildman–Crippen MR) is 344 cm³/mol. The summed E-state index contributed by atoms with van der Waals surface area (Å²) in [6.07, 6.45) is 17.1. The summed E-state index contributed by atoms with van der Waals surface area (Å²) in [5, 5.41) is 30.7. The highest BCUT2D eigenvalue weighted by atomic mass is 79.9. The summed E-state index contributed by atoms with van der Waals surface area (Å²) >= 11 is 8.95. The van der Waals surface area contributed by atoms with Crippen LogP contribution in [0.1, 0.15) is 118 Å². The first-order chi connectivity index (χ1) is 39.4. The third-order valence-electron chi connectivity index (χ3n) is 14.9. The molecular weight excluding hydrogens is 1150 g/mol. The quantitative estimate of drug-likeness (QED) is 0.0713. The van der Waals surface area contributed by atoms with Crippen LogP contribution in [0.5, 0.6) is 0 Å². The van der Waals surface area contributed by atoms with Crippen LogP contribution in [0.25, 0.3) is 62.4 Å². The van der Waals surface area contributed by atoms with E-state index in [4.69, 9.17) is 25.2 Å². The number of pyridine rings is 3. The first kappa shape index (κ1) is 58.1. The summed E-state index contributed by atoms with van der Waals surface area (Å²) in [6, 6.07) is 19.6. The fourth-order valence-corrected chi connectivity index (χ4v) is 15.1. The van der Waals surface area contributed by atoms with Crippen LogP contribution in [-0.2, 0) is 9.47 Å². The van der Waals surface area contributed by atoms with Crippen LogP contribution in [0, 0.1) is 0 Å². The van der Waals surface area contributed by atoms with E-state index in [1.165, 1.54) is 66.9 Å². The van der Waals surface area contributed by atoms with Gasteiger partial charge in [0.25, 0.3) is 0 Å². The lowest BCUT2D eigenvalue weighted by Gasteiger charge is -2.31. The van der Waals surface area contributed by atoms with Gasteiger partial charge in [0.2, 0.25) is 0 Å². The molecule has 0 aliphatic carbocycles. The van der Waals surface area contributed by atoms with Crippen molar-refractivity contribution >= 4 is 109 Å². The Hall–Kier alpha value is -5.72. The molecule has 9 aromatic rings. The molecule has 18 nitrogen and oxygen atoms in total. The van der Waals surface area contributed by atoms with Gasteiger partial charge < -0.3 is 46.3 Å². The minimum atomic E-state index is -0.0568. The molecule has 0 aromatic carbocycles. The molecule has 4 aliphatic heterocycles. The van der Waals surface area contributed by atoms with Crippen LogP contribution in [0.15, 0.2) is 77.7 Å². The van der Waals surface area contributed by atoms with E-state index in [2.05, 4.69) is 175 Å². The van der Waals surface area contributed by atoms with Crippen LogP contribution >= 0.6 is 49.9 Å². The molecule has 22 heteroatoms. The van der Waals surface area contributed by atoms with E-state index < -0.39 is 0 Å². The van der Waals surface area contributed by atoms with Gasteiger partial charge in [-0.15, -0.1) is 34.0 Å². The second-order valence-electron chi connectivity index (χ2n) is 24.3. The number of likely N-dealkylation sites (N-methyl/N-ethyl adjacent to an activating group) is 2. The molecule has 4 saturated heterocycles. The number of thiophene rings is 3. The monoisotopic (exact) mass is 1230 g/mol. The summed E-state index contributed by atoms with van der Waals surface area (Å²) in [7, 11) is 4.38. The zero-order chi connectivity index (χ0) is 57.1. The van der Waals surface area contributed by atoms with Gasteiger partial charge in [-0.25, -0.2) is 24.3 Å². The molecule has 9 aromatic heterocycles. The van der Waals surface area contributed by atoms with E-state index in [0.717, 1.165) is 127 Å². The molecule has 0 radical (unpaired) electrons. The van der Waals surface area contributed by atoms with Crippen molar-refractivity contribution < 1.29 is 9.47 Å². The van der Waals surface area contributed by atoms with Gasteiger partial charge >= 0.3 is 0 Å². The van der Waals surface area contributed by atoms with E-state index in [9.17, 15) is 0 Å². The van der Waals surface area contributed by atoms with E-state index >= 15 is 0 Å². The molecule has 82 heavy (non-hydrogen) atoms. The minimum Gasteiger partial charge on any atom is -0.384 e. The lowest BCUT2D eigenvalue weighted by Crippen LogP contribution is -2.39. The first-order valence-corrected chi connectivity index (χ1v) is 32.2. The number of fused-ring (bicyclic) bond motifs is 3. The number of likely N-dealkylation sites (tertiary alicyclic amines) is 2. The highest BCUT2D eigenvalue weighted by molar-refractivity contribution is 9.10. The Morgan fingerprint density at radius 3 is 1.60 bits per heavy atom. The van der Waals surface area contributed by atoms with Gasteiger partial charge in [-0.1, -0.05) is 0 Å². The maximum Gasteiger partial charge on any atom is 0.150 e. The van der Waals surface area contributed by atoms with Gasteiger partial charge in [-0.3, -0.25) is 5.10 Å². The predicted octanol–water partition coefficient (Wildman–Crippen LogP) is 14.2. The summed E-state index contributed by atoms with van der Waals surface area (Å²) in [4.78, 5) is 22.5. The average Bonchev–Trinajstić information content (AvgIpc) is 4.46. The van der Waals surface area contributed by atoms with Crippen molar-refractivity contribution in [3.8, 4) is 31.7 Å². The second kappa shape index (κ2) is 25.2. The number of nitrogens with two attached hydrogens (primary N) is 1. The molecule has 13 rings (SSSR count). The van der Waals surface area contributed by atoms with Crippen molar-refractivity contribution in [3.05, 3.63) is 77.7 Å². The minimum absolute atomic E-state index is 0.0235. The van der Waals surface area contributed by atoms with Crippen LogP contribution in [0.2, 0.25) is 0 Å². The Morgan fingerprint density at radius 2 is 1.09 bits per heavy atom. The normalized spacial score (nSPS) is 20.3. The molecule has 0 amide bonds. The molecule has 4 fully saturated rings. The SMILES string of the molecule is CC(C)(C)Nc1cc(Br)c2sc(-c3ccnn3C3CCCCO3)cc2n1.CN1CCC[C@@H](Nc2cc(N)nc3cc(-c4ccn[nH]4)sc23)C1.CN1CCC[C@@H](Nc2cc(NC(C)(C)C)nc3cc(-c4ccnn4C4CCCCO4)sc23)C1. The van der Waals surface area contributed by atoms with Crippen molar-refractivity contribution in [3.63, 3.8) is 0 Å². The topological polar surface area (TPSA) is 202 Å². The fourth-order valence-electron chi connectivity index (χ4n) is 11.3. The summed E-state index contributed by atoms with van der Waals surface area (Å²) in [6.45, 7) is 19.0. The van der Waals surface area contributed by atoms with Gasteiger partial charge in [0.05, 0.1) is 73.7 Å². The number of nitrogen functional groups attached to an aromatic ring is 1. The summed E-state index contributed by atoms with van der Waals surface area (Å²) in [5.74, 6) is 2.35. The Bertz CT molecular complexity index is 3560. The molecule has 7 N–H and O–H groups in total.